The number of hydrogen-bond acceptors (Lipinski definition) is 6. The highest BCUT2D eigenvalue weighted by atomic mass is 16.2. The molecule has 2 aromatic heterocycles. The van der Waals surface area contributed by atoms with Crippen molar-refractivity contribution in [1.29, 1.82) is 0 Å². The van der Waals surface area contributed by atoms with E-state index in [0.717, 1.165) is 50.4 Å². The summed E-state index contributed by atoms with van der Waals surface area (Å²) >= 11 is 0. The predicted octanol–water partition coefficient (Wildman–Crippen LogP) is 2.51. The molecule has 1 amide bonds. The molecule has 7 heteroatoms. The fourth-order valence-electron chi connectivity index (χ4n) is 3.29. The van der Waals surface area contributed by atoms with Gasteiger partial charge in [0.15, 0.2) is 0 Å². The Morgan fingerprint density at radius 2 is 2.14 bits per heavy atom. The summed E-state index contributed by atoms with van der Waals surface area (Å²) in [5, 5.41) is 3.14. The molecular formula is C21H28N6O. The summed E-state index contributed by atoms with van der Waals surface area (Å²) in [5.41, 5.74) is 0.953. The molecule has 0 radical (unpaired) electrons. The molecular weight excluding hydrogens is 352 g/mol. The van der Waals surface area contributed by atoms with E-state index < -0.39 is 0 Å². The summed E-state index contributed by atoms with van der Waals surface area (Å²) in [6, 6.07) is 5.68. The molecule has 148 valence electrons. The molecule has 0 saturated carbocycles. The molecule has 1 saturated heterocycles. The van der Waals surface area contributed by atoms with Crippen molar-refractivity contribution < 1.29 is 4.79 Å². The molecule has 1 fully saturated rings. The molecule has 3 rings (SSSR count). The summed E-state index contributed by atoms with van der Waals surface area (Å²) in [7, 11) is 3.98. The minimum absolute atomic E-state index is 0.104. The second-order valence-electron chi connectivity index (χ2n) is 7.39. The summed E-state index contributed by atoms with van der Waals surface area (Å²) in [4.78, 5) is 29.6. The largest absolute Gasteiger partial charge is 0.339 e. The number of aromatic nitrogens is 3. The first kappa shape index (κ1) is 19.9. The zero-order valence-electron chi connectivity index (χ0n) is 16.6. The van der Waals surface area contributed by atoms with E-state index >= 15 is 0 Å². The van der Waals surface area contributed by atoms with Crippen molar-refractivity contribution in [2.75, 3.05) is 39.0 Å². The molecule has 3 heterocycles. The zero-order chi connectivity index (χ0) is 19.8. The summed E-state index contributed by atoms with van der Waals surface area (Å²) in [6.45, 7) is 2.39. The van der Waals surface area contributed by atoms with E-state index in [-0.39, 0.29) is 5.91 Å². The van der Waals surface area contributed by atoms with E-state index in [1.807, 2.05) is 54.4 Å². The fraction of sp³-hybridized carbons (Fsp3) is 0.429. The van der Waals surface area contributed by atoms with Gasteiger partial charge in [-0.3, -0.25) is 9.78 Å². The van der Waals surface area contributed by atoms with E-state index in [9.17, 15) is 4.79 Å². The van der Waals surface area contributed by atoms with Crippen molar-refractivity contribution in [3.05, 3.63) is 54.6 Å². The van der Waals surface area contributed by atoms with Crippen LogP contribution in [0, 0.1) is 5.92 Å². The molecule has 7 nitrogen and oxygen atoms in total. The van der Waals surface area contributed by atoms with Gasteiger partial charge >= 0.3 is 0 Å². The number of carbonyl (C=O) groups is 1. The Morgan fingerprint density at radius 1 is 1.25 bits per heavy atom. The van der Waals surface area contributed by atoms with Crippen LogP contribution in [0.3, 0.4) is 0 Å². The van der Waals surface area contributed by atoms with Crippen LogP contribution in [0.5, 0.6) is 0 Å². The molecule has 1 N–H and O–H groups in total. The van der Waals surface area contributed by atoms with Gasteiger partial charge in [0.2, 0.25) is 5.91 Å². The van der Waals surface area contributed by atoms with E-state index in [0.29, 0.717) is 11.7 Å². The SMILES string of the molecule is CN(C)C/C=C/C(=O)N1CCC[C@@H](Cc2cnc(Nc3ccccn3)cn2)C1. The molecule has 0 aliphatic carbocycles. The molecule has 2 aromatic rings. The van der Waals surface area contributed by atoms with Crippen LogP contribution in [0.2, 0.25) is 0 Å². The maximum absolute atomic E-state index is 12.4. The van der Waals surface area contributed by atoms with Gasteiger partial charge in [0.05, 0.1) is 18.1 Å². The summed E-state index contributed by atoms with van der Waals surface area (Å²) in [6.07, 6.45) is 11.9. The number of rotatable bonds is 7. The minimum Gasteiger partial charge on any atom is -0.339 e. The number of nitrogens with zero attached hydrogens (tertiary/aromatic N) is 5. The number of likely N-dealkylation sites (tertiary alicyclic amines) is 1. The lowest BCUT2D eigenvalue weighted by Crippen LogP contribution is -2.39. The van der Waals surface area contributed by atoms with Crippen LogP contribution in [-0.2, 0) is 11.2 Å². The number of hydrogen-bond donors (Lipinski definition) is 1. The minimum atomic E-state index is 0.104. The molecule has 1 atom stereocenters. The smallest absolute Gasteiger partial charge is 0.246 e. The lowest BCUT2D eigenvalue weighted by molar-refractivity contribution is -0.127. The number of piperidine rings is 1. The highest BCUT2D eigenvalue weighted by Crippen LogP contribution is 2.21. The van der Waals surface area contributed by atoms with Gasteiger partial charge in [-0.2, -0.15) is 0 Å². The van der Waals surface area contributed by atoms with Crippen LogP contribution in [0.25, 0.3) is 0 Å². The summed E-state index contributed by atoms with van der Waals surface area (Å²) < 4.78 is 0. The topological polar surface area (TPSA) is 74.2 Å². The molecule has 1 aliphatic rings. The first-order chi connectivity index (χ1) is 13.6. The van der Waals surface area contributed by atoms with E-state index in [2.05, 4.69) is 20.3 Å². The van der Waals surface area contributed by atoms with Gasteiger partial charge in [-0.05, 0) is 51.4 Å². The maximum atomic E-state index is 12.4. The van der Waals surface area contributed by atoms with Crippen LogP contribution >= 0.6 is 0 Å². The lowest BCUT2D eigenvalue weighted by Gasteiger charge is -2.32. The Hall–Kier alpha value is -2.80. The third-order valence-corrected chi connectivity index (χ3v) is 4.69. The normalized spacial score (nSPS) is 17.2. The summed E-state index contributed by atoms with van der Waals surface area (Å²) in [5.74, 6) is 1.94. The standard InChI is InChI=1S/C21H28N6O/c1-26(2)11-6-9-21(28)27-12-5-7-17(16-27)13-18-14-24-20(15-23-18)25-19-8-3-4-10-22-19/h3-4,6,8-10,14-15,17H,5,7,11-13,16H2,1-2H3,(H,22,24,25)/b9-6+/t17-/m0/s1. The Labute approximate surface area is 166 Å². The highest BCUT2D eigenvalue weighted by molar-refractivity contribution is 5.87. The zero-order valence-corrected chi connectivity index (χ0v) is 16.6. The molecule has 28 heavy (non-hydrogen) atoms. The number of anilines is 2. The van der Waals surface area contributed by atoms with Gasteiger partial charge < -0.3 is 15.1 Å². The fourth-order valence-corrected chi connectivity index (χ4v) is 3.29. The molecule has 0 aromatic carbocycles. The Kier molecular flexibility index (Phi) is 7.08. The average Bonchev–Trinajstić information content (AvgIpc) is 2.70. The quantitative estimate of drug-likeness (QED) is 0.744. The van der Waals surface area contributed by atoms with E-state index in [4.69, 9.17) is 0 Å². The predicted molar refractivity (Wildman–Crippen MR) is 110 cm³/mol. The number of nitrogens with one attached hydrogen (secondary N) is 1. The Morgan fingerprint density at radius 3 is 2.86 bits per heavy atom. The average molecular weight is 380 g/mol. The third kappa shape index (κ3) is 6.13. The second kappa shape index (κ2) is 9.94. The van der Waals surface area contributed by atoms with Crippen LogP contribution in [-0.4, -0.2) is 64.4 Å². The highest BCUT2D eigenvalue weighted by Gasteiger charge is 2.23. The van der Waals surface area contributed by atoms with Gasteiger partial charge in [0.25, 0.3) is 0 Å². The molecule has 0 bridgehead atoms. The molecule has 0 spiro atoms. The van der Waals surface area contributed by atoms with Gasteiger partial charge in [-0.25, -0.2) is 9.97 Å². The monoisotopic (exact) mass is 380 g/mol. The van der Waals surface area contributed by atoms with E-state index in [1.165, 1.54) is 0 Å². The van der Waals surface area contributed by atoms with Crippen LogP contribution < -0.4 is 5.32 Å². The third-order valence-electron chi connectivity index (χ3n) is 4.69. The first-order valence-electron chi connectivity index (χ1n) is 9.69. The van der Waals surface area contributed by atoms with Crippen LogP contribution in [0.15, 0.2) is 48.9 Å². The molecule has 0 unspecified atom stereocenters. The van der Waals surface area contributed by atoms with Crippen molar-refractivity contribution in [2.45, 2.75) is 19.3 Å². The number of likely N-dealkylation sites (N-methyl/N-ethyl adjacent to an activating group) is 1. The van der Waals surface area contributed by atoms with Crippen molar-refractivity contribution in [2.24, 2.45) is 5.92 Å². The van der Waals surface area contributed by atoms with Gasteiger partial charge in [-0.15, -0.1) is 0 Å². The first-order valence-corrected chi connectivity index (χ1v) is 9.69. The van der Waals surface area contributed by atoms with Crippen molar-refractivity contribution in [1.82, 2.24) is 24.8 Å². The Bertz CT molecular complexity index is 775. The second-order valence-corrected chi connectivity index (χ2v) is 7.39. The van der Waals surface area contributed by atoms with Gasteiger partial charge in [-0.1, -0.05) is 12.1 Å². The van der Waals surface area contributed by atoms with Crippen LogP contribution in [0.4, 0.5) is 11.6 Å². The maximum Gasteiger partial charge on any atom is 0.246 e. The number of amides is 1. The van der Waals surface area contributed by atoms with Crippen molar-refractivity contribution in [3.63, 3.8) is 0 Å². The van der Waals surface area contributed by atoms with Gasteiger partial charge in [0.1, 0.15) is 11.6 Å². The molecule has 1 aliphatic heterocycles. The van der Waals surface area contributed by atoms with E-state index in [1.54, 1.807) is 18.5 Å². The van der Waals surface area contributed by atoms with Crippen LogP contribution in [0.1, 0.15) is 18.5 Å². The lowest BCUT2D eigenvalue weighted by atomic mass is 9.93. The van der Waals surface area contributed by atoms with Gasteiger partial charge in [0, 0.05) is 31.9 Å². The van der Waals surface area contributed by atoms with Crippen molar-refractivity contribution in [3.8, 4) is 0 Å². The number of pyridine rings is 1. The Balaban J connectivity index is 1.52. The van der Waals surface area contributed by atoms with Crippen molar-refractivity contribution >= 4 is 17.5 Å². The number of carbonyl (C=O) groups excluding carboxylic acids is 1.